The van der Waals surface area contributed by atoms with Crippen LogP contribution in [-0.4, -0.2) is 42.5 Å². The van der Waals surface area contributed by atoms with Gasteiger partial charge in [-0.2, -0.15) is 0 Å². The number of urea groups is 1. The van der Waals surface area contributed by atoms with Gasteiger partial charge in [-0.1, -0.05) is 12.1 Å². The number of carbonyl (C=O) groups is 2. The third kappa shape index (κ3) is 5.71. The highest BCUT2D eigenvalue weighted by atomic mass is 19.1. The van der Waals surface area contributed by atoms with Crippen molar-refractivity contribution in [3.05, 3.63) is 35.6 Å². The third-order valence-corrected chi connectivity index (χ3v) is 3.61. The number of benzene rings is 1. The highest BCUT2D eigenvalue weighted by molar-refractivity contribution is 5.75. The molecule has 1 fully saturated rings. The average Bonchev–Trinajstić information content (AvgIpc) is 3.28. The Kier molecular flexibility index (Phi) is 5.75. The van der Waals surface area contributed by atoms with Crippen LogP contribution in [0.25, 0.3) is 0 Å². The van der Waals surface area contributed by atoms with Crippen molar-refractivity contribution in [1.29, 1.82) is 0 Å². The van der Waals surface area contributed by atoms with Gasteiger partial charge in [-0.15, -0.1) is 0 Å². The summed E-state index contributed by atoms with van der Waals surface area (Å²) in [7, 11) is 0. The molecule has 0 aliphatic heterocycles. The van der Waals surface area contributed by atoms with Gasteiger partial charge in [0.2, 0.25) is 5.91 Å². The van der Waals surface area contributed by atoms with E-state index in [1.54, 1.807) is 17.0 Å². The van der Waals surface area contributed by atoms with Crippen LogP contribution in [0, 0.1) is 5.82 Å². The van der Waals surface area contributed by atoms with Gasteiger partial charge >= 0.3 is 6.03 Å². The fourth-order valence-electron chi connectivity index (χ4n) is 2.11. The molecule has 1 saturated carbocycles. The Bertz CT molecular complexity index is 515. The van der Waals surface area contributed by atoms with Crippen LogP contribution in [0.4, 0.5) is 9.18 Å². The summed E-state index contributed by atoms with van der Waals surface area (Å²) in [6.45, 7) is 2.94. The van der Waals surface area contributed by atoms with E-state index in [0.717, 1.165) is 18.4 Å². The Balaban J connectivity index is 1.70. The number of amides is 3. The molecule has 0 aromatic heterocycles. The van der Waals surface area contributed by atoms with Crippen LogP contribution in [0.2, 0.25) is 0 Å². The molecule has 5 nitrogen and oxygen atoms in total. The fourth-order valence-corrected chi connectivity index (χ4v) is 2.11. The summed E-state index contributed by atoms with van der Waals surface area (Å²) in [6, 6.07) is 6.41. The van der Waals surface area contributed by atoms with Crippen molar-refractivity contribution in [1.82, 2.24) is 15.5 Å². The highest BCUT2D eigenvalue weighted by Crippen LogP contribution is 2.18. The van der Waals surface area contributed by atoms with Crippen LogP contribution < -0.4 is 10.6 Å². The number of rotatable bonds is 7. The smallest absolute Gasteiger partial charge is 0.315 e. The lowest BCUT2D eigenvalue weighted by Gasteiger charge is -2.21. The SMILES string of the molecule is CC(=O)N(CCNC(=O)NC1CC1)CCc1ccc(F)cc1. The lowest BCUT2D eigenvalue weighted by molar-refractivity contribution is -0.128. The zero-order valence-corrected chi connectivity index (χ0v) is 12.8. The first-order chi connectivity index (χ1) is 10.5. The zero-order valence-electron chi connectivity index (χ0n) is 12.8. The Morgan fingerprint density at radius 1 is 1.23 bits per heavy atom. The Morgan fingerprint density at radius 3 is 2.50 bits per heavy atom. The molecule has 1 aromatic carbocycles. The Hall–Kier alpha value is -2.11. The second-order valence-electron chi connectivity index (χ2n) is 5.56. The van der Waals surface area contributed by atoms with Crippen LogP contribution in [0.3, 0.4) is 0 Å². The third-order valence-electron chi connectivity index (χ3n) is 3.61. The maximum atomic E-state index is 12.8. The van der Waals surface area contributed by atoms with Crippen LogP contribution in [0.1, 0.15) is 25.3 Å². The van der Waals surface area contributed by atoms with Gasteiger partial charge in [0.15, 0.2) is 0 Å². The van der Waals surface area contributed by atoms with Crippen molar-refractivity contribution in [3.8, 4) is 0 Å². The van der Waals surface area contributed by atoms with Gasteiger partial charge in [0, 0.05) is 32.6 Å². The van der Waals surface area contributed by atoms with Crippen LogP contribution in [-0.2, 0) is 11.2 Å². The van der Waals surface area contributed by atoms with E-state index in [0.29, 0.717) is 32.1 Å². The minimum atomic E-state index is -0.266. The molecule has 2 N–H and O–H groups in total. The van der Waals surface area contributed by atoms with Crippen molar-refractivity contribution in [2.24, 2.45) is 0 Å². The Labute approximate surface area is 129 Å². The number of hydrogen-bond donors (Lipinski definition) is 2. The first kappa shape index (κ1) is 16.3. The van der Waals surface area contributed by atoms with Crippen LogP contribution in [0.15, 0.2) is 24.3 Å². The predicted molar refractivity (Wildman–Crippen MR) is 81.9 cm³/mol. The van der Waals surface area contributed by atoms with Crippen molar-refractivity contribution >= 4 is 11.9 Å². The highest BCUT2D eigenvalue weighted by Gasteiger charge is 2.22. The van der Waals surface area contributed by atoms with Gasteiger partial charge in [-0.05, 0) is 37.0 Å². The van der Waals surface area contributed by atoms with E-state index in [1.807, 2.05) is 0 Å². The lowest BCUT2D eigenvalue weighted by Crippen LogP contribution is -2.42. The quantitative estimate of drug-likeness (QED) is 0.805. The van der Waals surface area contributed by atoms with E-state index < -0.39 is 0 Å². The molecule has 0 heterocycles. The van der Waals surface area contributed by atoms with Crippen LogP contribution >= 0.6 is 0 Å². The van der Waals surface area contributed by atoms with Crippen molar-refractivity contribution in [2.45, 2.75) is 32.2 Å². The predicted octanol–water partition coefficient (Wildman–Crippen LogP) is 1.68. The molecule has 0 saturated heterocycles. The van der Waals surface area contributed by atoms with Crippen molar-refractivity contribution in [2.75, 3.05) is 19.6 Å². The monoisotopic (exact) mass is 307 g/mol. The van der Waals surface area contributed by atoms with Crippen LogP contribution in [0.5, 0.6) is 0 Å². The van der Waals surface area contributed by atoms with Gasteiger partial charge in [0.1, 0.15) is 5.82 Å². The van der Waals surface area contributed by atoms with E-state index in [2.05, 4.69) is 10.6 Å². The fraction of sp³-hybridized carbons (Fsp3) is 0.500. The molecule has 2 rings (SSSR count). The largest absolute Gasteiger partial charge is 0.341 e. The summed E-state index contributed by atoms with van der Waals surface area (Å²) in [5.74, 6) is -0.301. The number of nitrogens with one attached hydrogen (secondary N) is 2. The summed E-state index contributed by atoms with van der Waals surface area (Å²) in [4.78, 5) is 24.8. The average molecular weight is 307 g/mol. The summed E-state index contributed by atoms with van der Waals surface area (Å²) in [5.41, 5.74) is 0.979. The van der Waals surface area contributed by atoms with Gasteiger partial charge in [-0.25, -0.2) is 9.18 Å². The molecule has 0 atom stereocenters. The van der Waals surface area contributed by atoms with Gasteiger partial charge in [0.25, 0.3) is 0 Å². The van der Waals surface area contributed by atoms with Gasteiger partial charge in [0.05, 0.1) is 0 Å². The van der Waals surface area contributed by atoms with E-state index >= 15 is 0 Å². The molecule has 22 heavy (non-hydrogen) atoms. The maximum absolute atomic E-state index is 12.8. The molecule has 6 heteroatoms. The standard InChI is InChI=1S/C16H22FN3O2/c1-12(21)20(10-8-13-2-4-14(17)5-3-13)11-9-18-16(22)19-15-6-7-15/h2-5,15H,6-11H2,1H3,(H2,18,19,22). The molecular formula is C16H22FN3O2. The lowest BCUT2D eigenvalue weighted by atomic mass is 10.1. The molecular weight excluding hydrogens is 285 g/mol. The second-order valence-corrected chi connectivity index (χ2v) is 5.56. The first-order valence-corrected chi connectivity index (χ1v) is 7.59. The van der Waals surface area contributed by atoms with Gasteiger partial charge < -0.3 is 15.5 Å². The molecule has 1 aliphatic rings. The maximum Gasteiger partial charge on any atom is 0.315 e. The van der Waals surface area contributed by atoms with Crippen molar-refractivity contribution in [3.63, 3.8) is 0 Å². The molecule has 0 unspecified atom stereocenters. The summed E-state index contributed by atoms with van der Waals surface area (Å²) in [6.07, 6.45) is 2.75. The van der Waals surface area contributed by atoms with E-state index in [4.69, 9.17) is 0 Å². The van der Waals surface area contributed by atoms with Crippen molar-refractivity contribution < 1.29 is 14.0 Å². The number of carbonyl (C=O) groups excluding carboxylic acids is 2. The van der Waals surface area contributed by atoms with Gasteiger partial charge in [-0.3, -0.25) is 4.79 Å². The molecule has 1 aromatic rings. The second kappa shape index (κ2) is 7.77. The van der Waals surface area contributed by atoms with E-state index in [-0.39, 0.29) is 17.8 Å². The summed E-state index contributed by atoms with van der Waals surface area (Å²) >= 11 is 0. The topological polar surface area (TPSA) is 61.4 Å². The number of nitrogens with zero attached hydrogens (tertiary/aromatic N) is 1. The molecule has 1 aliphatic carbocycles. The normalized spacial score (nSPS) is 13.5. The molecule has 3 amide bonds. The number of hydrogen-bond acceptors (Lipinski definition) is 2. The Morgan fingerprint density at radius 2 is 1.91 bits per heavy atom. The van der Waals surface area contributed by atoms with E-state index in [1.165, 1.54) is 19.1 Å². The zero-order chi connectivity index (χ0) is 15.9. The van der Waals surface area contributed by atoms with E-state index in [9.17, 15) is 14.0 Å². The first-order valence-electron chi connectivity index (χ1n) is 7.59. The summed E-state index contributed by atoms with van der Waals surface area (Å²) in [5, 5.41) is 5.58. The molecule has 120 valence electrons. The summed E-state index contributed by atoms with van der Waals surface area (Å²) < 4.78 is 12.8. The minimum absolute atomic E-state index is 0.0356. The minimum Gasteiger partial charge on any atom is -0.341 e. The number of halogens is 1. The molecule has 0 radical (unpaired) electrons. The molecule has 0 spiro atoms. The molecule has 0 bridgehead atoms.